The molecular weight excluding hydrogens is 200 g/mol. The largest absolute Gasteiger partial charge is 0.351 e. The van der Waals surface area contributed by atoms with Crippen molar-refractivity contribution in [3.8, 4) is 0 Å². The first-order valence-corrected chi connectivity index (χ1v) is 5.65. The van der Waals surface area contributed by atoms with Crippen molar-refractivity contribution in [3.63, 3.8) is 0 Å². The zero-order valence-corrected chi connectivity index (χ0v) is 9.90. The Labute approximate surface area is 96.4 Å². The smallest absolute Gasteiger partial charge is 0.147 e. The van der Waals surface area contributed by atoms with E-state index in [1.165, 1.54) is 5.57 Å². The predicted octanol–water partition coefficient (Wildman–Crippen LogP) is 1.35. The van der Waals surface area contributed by atoms with Crippen LogP contribution in [0, 0.1) is 0 Å². The van der Waals surface area contributed by atoms with Crippen LogP contribution in [0.15, 0.2) is 24.0 Å². The molecule has 0 saturated heterocycles. The summed E-state index contributed by atoms with van der Waals surface area (Å²) in [5.74, 6) is 0.986. The van der Waals surface area contributed by atoms with E-state index in [2.05, 4.69) is 33.2 Å². The number of hydrogen-bond acceptors (Lipinski definition) is 4. The Hall–Kier alpha value is -1.42. The maximum Gasteiger partial charge on any atom is 0.147 e. The van der Waals surface area contributed by atoms with E-state index in [4.69, 9.17) is 0 Å². The summed E-state index contributed by atoms with van der Waals surface area (Å²) >= 11 is 0. The van der Waals surface area contributed by atoms with Crippen molar-refractivity contribution in [2.24, 2.45) is 0 Å². The summed E-state index contributed by atoms with van der Waals surface area (Å²) in [6.45, 7) is 4.94. The Morgan fingerprint density at radius 3 is 3.06 bits per heavy atom. The van der Waals surface area contributed by atoms with Crippen molar-refractivity contribution >= 4 is 5.82 Å². The number of anilines is 1. The molecule has 16 heavy (non-hydrogen) atoms. The van der Waals surface area contributed by atoms with Gasteiger partial charge in [-0.15, -0.1) is 0 Å². The monoisotopic (exact) mass is 218 g/mol. The molecule has 2 rings (SSSR count). The Bertz CT molecular complexity index is 386. The molecule has 0 fully saturated rings. The van der Waals surface area contributed by atoms with Gasteiger partial charge < -0.3 is 10.2 Å². The highest BCUT2D eigenvalue weighted by Gasteiger charge is 2.12. The molecule has 1 N–H and O–H groups in total. The summed E-state index contributed by atoms with van der Waals surface area (Å²) in [6.07, 6.45) is 7.05. The molecule has 0 aromatic carbocycles. The third kappa shape index (κ3) is 2.58. The molecule has 0 unspecified atom stereocenters. The highest BCUT2D eigenvalue weighted by Crippen LogP contribution is 2.16. The third-order valence-electron chi connectivity index (χ3n) is 2.69. The second-order valence-corrected chi connectivity index (χ2v) is 4.16. The lowest BCUT2D eigenvalue weighted by Gasteiger charge is -2.27. The molecule has 2 heterocycles. The molecule has 0 radical (unpaired) electrons. The van der Waals surface area contributed by atoms with Gasteiger partial charge in [0.05, 0.1) is 11.9 Å². The summed E-state index contributed by atoms with van der Waals surface area (Å²) in [7, 11) is 1.92. The molecule has 1 aliphatic heterocycles. The molecule has 1 aliphatic rings. The molecule has 1 aromatic rings. The van der Waals surface area contributed by atoms with Crippen molar-refractivity contribution < 1.29 is 0 Å². The Kier molecular flexibility index (Phi) is 3.51. The molecule has 0 aliphatic carbocycles. The van der Waals surface area contributed by atoms with Crippen molar-refractivity contribution in [1.82, 2.24) is 15.3 Å². The van der Waals surface area contributed by atoms with Gasteiger partial charge in [0, 0.05) is 25.8 Å². The van der Waals surface area contributed by atoms with Crippen molar-refractivity contribution in [1.29, 1.82) is 0 Å². The fourth-order valence-electron chi connectivity index (χ4n) is 1.92. The van der Waals surface area contributed by atoms with E-state index in [1.54, 1.807) is 0 Å². The van der Waals surface area contributed by atoms with E-state index in [0.29, 0.717) is 0 Å². The van der Waals surface area contributed by atoms with Gasteiger partial charge in [-0.25, -0.2) is 4.98 Å². The number of nitrogens with zero attached hydrogens (tertiary/aromatic N) is 3. The minimum Gasteiger partial charge on any atom is -0.351 e. The van der Waals surface area contributed by atoms with Gasteiger partial charge in [0.1, 0.15) is 5.82 Å². The third-order valence-corrected chi connectivity index (χ3v) is 2.69. The van der Waals surface area contributed by atoms with Crippen molar-refractivity contribution in [2.75, 3.05) is 25.0 Å². The van der Waals surface area contributed by atoms with E-state index in [-0.39, 0.29) is 0 Å². The van der Waals surface area contributed by atoms with Crippen LogP contribution in [-0.4, -0.2) is 30.1 Å². The highest BCUT2D eigenvalue weighted by atomic mass is 15.2. The average molecular weight is 218 g/mol. The molecule has 0 spiro atoms. The van der Waals surface area contributed by atoms with Gasteiger partial charge in [-0.1, -0.05) is 11.6 Å². The van der Waals surface area contributed by atoms with Crippen LogP contribution in [0.25, 0.3) is 0 Å². The quantitative estimate of drug-likeness (QED) is 0.778. The van der Waals surface area contributed by atoms with Gasteiger partial charge in [-0.3, -0.25) is 4.98 Å². The van der Waals surface area contributed by atoms with Gasteiger partial charge >= 0.3 is 0 Å². The summed E-state index contributed by atoms with van der Waals surface area (Å²) in [5, 5.41) is 3.09. The fourth-order valence-corrected chi connectivity index (χ4v) is 1.92. The summed E-state index contributed by atoms with van der Waals surface area (Å²) in [4.78, 5) is 11.1. The first-order valence-electron chi connectivity index (χ1n) is 5.65. The minimum atomic E-state index is 0.767. The summed E-state index contributed by atoms with van der Waals surface area (Å²) in [6, 6.07) is 0. The second kappa shape index (κ2) is 5.07. The van der Waals surface area contributed by atoms with Gasteiger partial charge in [-0.05, 0) is 20.4 Å². The van der Waals surface area contributed by atoms with E-state index in [0.717, 1.165) is 37.6 Å². The lowest BCUT2D eigenvalue weighted by atomic mass is 10.1. The maximum atomic E-state index is 4.59. The summed E-state index contributed by atoms with van der Waals surface area (Å²) in [5.41, 5.74) is 2.40. The average Bonchev–Trinajstić information content (AvgIpc) is 2.30. The molecular formula is C12H18N4. The van der Waals surface area contributed by atoms with Crippen LogP contribution in [0.3, 0.4) is 0 Å². The number of rotatable bonds is 3. The Balaban J connectivity index is 2.14. The number of aromatic nitrogens is 2. The van der Waals surface area contributed by atoms with Crippen LogP contribution in [0.4, 0.5) is 5.82 Å². The molecule has 0 saturated carbocycles. The fraction of sp³-hybridized carbons (Fsp3) is 0.500. The van der Waals surface area contributed by atoms with E-state index < -0.39 is 0 Å². The molecule has 4 heteroatoms. The standard InChI is InChI=1S/C12H18N4/c1-10-4-3-5-16(9-10)12-8-14-7-11(15-12)6-13-2/h4,7-8,13H,3,5-6,9H2,1-2H3. The minimum absolute atomic E-state index is 0.767. The molecule has 1 aromatic heterocycles. The normalized spacial score (nSPS) is 16.1. The van der Waals surface area contributed by atoms with E-state index >= 15 is 0 Å². The Morgan fingerprint density at radius 1 is 1.44 bits per heavy atom. The number of hydrogen-bond donors (Lipinski definition) is 1. The Morgan fingerprint density at radius 2 is 2.31 bits per heavy atom. The van der Waals surface area contributed by atoms with Crippen molar-refractivity contribution in [3.05, 3.63) is 29.7 Å². The molecule has 0 bridgehead atoms. The SMILES string of the molecule is CNCc1cncc(N2CCC=C(C)C2)n1. The van der Waals surface area contributed by atoms with Crippen molar-refractivity contribution in [2.45, 2.75) is 19.9 Å². The molecule has 0 amide bonds. The zero-order chi connectivity index (χ0) is 11.4. The topological polar surface area (TPSA) is 41.1 Å². The highest BCUT2D eigenvalue weighted by molar-refractivity contribution is 5.40. The van der Waals surface area contributed by atoms with Crippen LogP contribution in [0.2, 0.25) is 0 Å². The van der Waals surface area contributed by atoms with Crippen LogP contribution in [-0.2, 0) is 6.54 Å². The van der Waals surface area contributed by atoms with Gasteiger partial charge in [0.25, 0.3) is 0 Å². The predicted molar refractivity (Wildman–Crippen MR) is 65.4 cm³/mol. The lowest BCUT2D eigenvalue weighted by Crippen LogP contribution is -2.30. The van der Waals surface area contributed by atoms with Crippen LogP contribution in [0.1, 0.15) is 19.0 Å². The van der Waals surface area contributed by atoms with Crippen LogP contribution in [0.5, 0.6) is 0 Å². The first-order chi connectivity index (χ1) is 7.79. The molecule has 0 atom stereocenters. The van der Waals surface area contributed by atoms with E-state index in [9.17, 15) is 0 Å². The van der Waals surface area contributed by atoms with Gasteiger partial charge in [0.2, 0.25) is 0 Å². The first kappa shape index (κ1) is 11.1. The maximum absolute atomic E-state index is 4.59. The van der Waals surface area contributed by atoms with Gasteiger partial charge in [0.15, 0.2) is 0 Å². The zero-order valence-electron chi connectivity index (χ0n) is 9.90. The summed E-state index contributed by atoms with van der Waals surface area (Å²) < 4.78 is 0. The van der Waals surface area contributed by atoms with E-state index in [1.807, 2.05) is 19.4 Å². The van der Waals surface area contributed by atoms with Crippen LogP contribution < -0.4 is 10.2 Å². The lowest BCUT2D eigenvalue weighted by molar-refractivity contribution is 0.748. The number of nitrogens with one attached hydrogen (secondary N) is 1. The van der Waals surface area contributed by atoms with Gasteiger partial charge in [-0.2, -0.15) is 0 Å². The second-order valence-electron chi connectivity index (χ2n) is 4.16. The van der Waals surface area contributed by atoms with Crippen LogP contribution >= 0.6 is 0 Å². The molecule has 86 valence electrons. The molecule has 4 nitrogen and oxygen atoms in total.